The Balaban J connectivity index is 1.15. The Kier molecular flexibility index (Phi) is 10.1. The van der Waals surface area contributed by atoms with Gasteiger partial charge >= 0.3 is 0 Å². The van der Waals surface area contributed by atoms with Crippen molar-refractivity contribution in [2.75, 3.05) is 9.80 Å². The fourth-order valence-electron chi connectivity index (χ4n) is 11.2. The number of fused-ring (bicyclic) bond motifs is 5. The first-order valence-corrected chi connectivity index (χ1v) is 23.5. The van der Waals surface area contributed by atoms with E-state index in [1.54, 1.807) is 0 Å². The van der Waals surface area contributed by atoms with Gasteiger partial charge in [0, 0.05) is 55.7 Å². The van der Waals surface area contributed by atoms with Crippen LogP contribution >= 0.6 is 0 Å². The second-order valence-electron chi connectivity index (χ2n) is 19.1. The lowest BCUT2D eigenvalue weighted by Crippen LogP contribution is -2.29. The van der Waals surface area contributed by atoms with E-state index in [0.717, 1.165) is 39.7 Å². The van der Waals surface area contributed by atoms with Gasteiger partial charge in [-0.15, -0.1) is 0 Å². The van der Waals surface area contributed by atoms with Crippen LogP contribution in [0, 0.1) is 13.8 Å². The quantitative estimate of drug-likeness (QED) is 0.136. The lowest BCUT2D eigenvalue weighted by atomic mass is 9.69. The van der Waals surface area contributed by atoms with Gasteiger partial charge in [0.2, 0.25) is 0 Å². The lowest BCUT2D eigenvalue weighted by molar-refractivity contribution is 0.612. The second-order valence-corrected chi connectivity index (χ2v) is 19.1. The van der Waals surface area contributed by atoms with Gasteiger partial charge in [-0.2, -0.15) is 0 Å². The molecule has 0 spiro atoms. The number of aryl methyl sites for hydroxylation is 1. The summed E-state index contributed by atoms with van der Waals surface area (Å²) in [6, 6.07) is 75.4. The molecule has 0 unspecified atom stereocenters. The third-order valence-electron chi connectivity index (χ3n) is 14.5. The fraction of sp³-hybridized carbons (Fsp3) is 0.125. The number of para-hydroxylation sites is 5. The topological polar surface area (TPSA) is 11.4 Å². The molecule has 326 valence electrons. The Morgan fingerprint density at radius 2 is 0.985 bits per heavy atom. The van der Waals surface area contributed by atoms with E-state index in [4.69, 9.17) is 0 Å². The maximum Gasteiger partial charge on any atom is 0.0583 e. The molecule has 0 atom stereocenters. The molecule has 1 aromatic heterocycles. The van der Waals surface area contributed by atoms with Crippen LogP contribution in [0.25, 0.3) is 44.7 Å². The van der Waals surface area contributed by atoms with Gasteiger partial charge in [0.1, 0.15) is 0 Å². The van der Waals surface area contributed by atoms with Gasteiger partial charge in [0.15, 0.2) is 0 Å². The molecule has 0 aliphatic carbocycles. The van der Waals surface area contributed by atoms with E-state index in [2.05, 4.69) is 269 Å². The smallest absolute Gasteiger partial charge is 0.0583 e. The number of anilines is 6. The Morgan fingerprint density at radius 1 is 0.478 bits per heavy atom. The maximum atomic E-state index is 4.26. The molecule has 0 fully saturated rings. The monoisotopic (exact) mass is 865 g/mol. The van der Waals surface area contributed by atoms with E-state index in [-0.39, 0.29) is 5.41 Å². The number of benzene rings is 9. The normalized spacial score (nSPS) is 12.8. The number of hydrogen-bond donors (Lipinski definition) is 0. The van der Waals surface area contributed by atoms with Crippen molar-refractivity contribution >= 4 is 62.0 Å². The van der Waals surface area contributed by atoms with Crippen LogP contribution in [-0.4, -0.2) is 4.57 Å². The molecule has 1 aliphatic rings. The summed E-state index contributed by atoms with van der Waals surface area (Å²) < 4.78 is 2.57. The van der Waals surface area contributed by atoms with Gasteiger partial charge in [-0.05, 0) is 149 Å². The Labute approximate surface area is 395 Å². The summed E-state index contributed by atoms with van der Waals surface area (Å²) in [6.45, 7) is 18.6. The van der Waals surface area contributed by atoms with Gasteiger partial charge in [-0.25, -0.2) is 0 Å². The molecule has 1 aliphatic heterocycles. The molecule has 67 heavy (non-hydrogen) atoms. The van der Waals surface area contributed by atoms with E-state index >= 15 is 0 Å². The highest BCUT2D eigenvalue weighted by molar-refractivity contribution is 6.13. The summed E-state index contributed by atoms with van der Waals surface area (Å²) in [5.41, 5.74) is 21.0. The molecule has 0 bridgehead atoms. The highest BCUT2D eigenvalue weighted by atomic mass is 15.1. The zero-order valence-electron chi connectivity index (χ0n) is 39.3. The van der Waals surface area contributed by atoms with E-state index in [1.807, 2.05) is 6.08 Å². The number of nitrogens with zero attached hydrogens (tertiary/aromatic N) is 3. The Hall–Kier alpha value is -7.88. The highest BCUT2D eigenvalue weighted by Crippen LogP contribution is 2.53. The molecule has 0 N–H and O–H groups in total. The van der Waals surface area contributed by atoms with E-state index in [1.165, 1.54) is 72.0 Å². The molecule has 3 nitrogen and oxygen atoms in total. The standard InChI is InChI=1S/C64H55N3/c1-8-45-25-21-22-34-52(45)54-38-50(65(46-26-13-9-14-27-46)47-28-15-10-16-29-47)40-57(44(54)3)63(4,5)56-42-61-58(37-43(56)2)64(6,7)59-41-51(39-55-53-35-23-24-36-60(53)67(61)62(55)59)66(48-30-17-11-18-31-48)49-32-19-12-20-33-49/h8-42H,1H2,2-7H3. The largest absolute Gasteiger partial charge is 0.310 e. The number of rotatable bonds is 10. The minimum Gasteiger partial charge on any atom is -0.310 e. The molecule has 3 heteroatoms. The van der Waals surface area contributed by atoms with E-state index in [0.29, 0.717) is 0 Å². The van der Waals surface area contributed by atoms with Crippen LogP contribution in [0.4, 0.5) is 34.1 Å². The van der Waals surface area contributed by atoms with E-state index < -0.39 is 5.41 Å². The molecule has 0 radical (unpaired) electrons. The van der Waals surface area contributed by atoms with Gasteiger partial charge in [0.25, 0.3) is 0 Å². The number of aromatic nitrogens is 1. The molecule has 0 saturated carbocycles. The molecule has 0 amide bonds. The molecule has 10 aromatic rings. The predicted molar refractivity (Wildman–Crippen MR) is 286 cm³/mol. The second kappa shape index (κ2) is 16.2. The Bertz CT molecular complexity index is 3410. The molecule has 9 aromatic carbocycles. The summed E-state index contributed by atoms with van der Waals surface area (Å²) >= 11 is 0. The van der Waals surface area contributed by atoms with Crippen molar-refractivity contribution < 1.29 is 0 Å². The van der Waals surface area contributed by atoms with Crippen molar-refractivity contribution in [3.8, 4) is 16.8 Å². The van der Waals surface area contributed by atoms with Crippen LogP contribution in [0.2, 0.25) is 0 Å². The summed E-state index contributed by atoms with van der Waals surface area (Å²) in [5, 5.41) is 2.51. The first-order valence-electron chi connectivity index (χ1n) is 23.5. The van der Waals surface area contributed by atoms with Crippen molar-refractivity contribution in [2.45, 2.75) is 52.4 Å². The molecular formula is C64H55N3. The maximum absolute atomic E-state index is 4.26. The first kappa shape index (κ1) is 41.8. The summed E-state index contributed by atoms with van der Waals surface area (Å²) in [6.07, 6.45) is 1.98. The van der Waals surface area contributed by atoms with Gasteiger partial charge in [-0.1, -0.05) is 162 Å². The van der Waals surface area contributed by atoms with Crippen LogP contribution in [0.15, 0.2) is 213 Å². The van der Waals surface area contributed by atoms with Crippen molar-refractivity contribution in [2.24, 2.45) is 0 Å². The average Bonchev–Trinajstić information content (AvgIpc) is 3.69. The molecule has 11 rings (SSSR count). The molecular weight excluding hydrogens is 811 g/mol. The zero-order valence-corrected chi connectivity index (χ0v) is 39.3. The number of hydrogen-bond acceptors (Lipinski definition) is 2. The summed E-state index contributed by atoms with van der Waals surface area (Å²) in [5.74, 6) is 0. The van der Waals surface area contributed by atoms with E-state index in [9.17, 15) is 0 Å². The zero-order chi connectivity index (χ0) is 46.0. The van der Waals surface area contributed by atoms with Crippen molar-refractivity contribution in [3.63, 3.8) is 0 Å². The third-order valence-corrected chi connectivity index (χ3v) is 14.5. The average molecular weight is 866 g/mol. The summed E-state index contributed by atoms with van der Waals surface area (Å²) in [4.78, 5) is 4.80. The van der Waals surface area contributed by atoms with Crippen molar-refractivity contribution in [1.29, 1.82) is 0 Å². The first-order chi connectivity index (χ1) is 32.6. The molecule has 0 saturated heterocycles. The van der Waals surface area contributed by atoms with Crippen LogP contribution in [0.3, 0.4) is 0 Å². The SMILES string of the molecule is C=Cc1ccccc1-c1cc(N(c2ccccc2)c2ccccc2)cc(C(C)(C)c2cc3c(cc2C)C(C)(C)c2cc(N(c4ccccc4)c4ccccc4)cc4c5ccccc5n-3c24)c1C. The minimum atomic E-state index is -0.418. The van der Waals surface area contributed by atoms with Crippen LogP contribution in [0.5, 0.6) is 0 Å². The highest BCUT2D eigenvalue weighted by Gasteiger charge is 2.39. The van der Waals surface area contributed by atoms with Gasteiger partial charge in [-0.3, -0.25) is 0 Å². The predicted octanol–water partition coefficient (Wildman–Crippen LogP) is 17.6. The molecule has 2 heterocycles. The van der Waals surface area contributed by atoms with Crippen LogP contribution in [-0.2, 0) is 10.8 Å². The van der Waals surface area contributed by atoms with Crippen molar-refractivity contribution in [3.05, 3.63) is 252 Å². The van der Waals surface area contributed by atoms with Gasteiger partial charge in [0.05, 0.1) is 16.7 Å². The minimum absolute atomic E-state index is 0.316. The lowest BCUT2D eigenvalue weighted by Gasteiger charge is -2.39. The van der Waals surface area contributed by atoms with Gasteiger partial charge < -0.3 is 14.4 Å². The van der Waals surface area contributed by atoms with Crippen LogP contribution in [0.1, 0.15) is 66.6 Å². The summed E-state index contributed by atoms with van der Waals surface area (Å²) in [7, 11) is 0. The Morgan fingerprint density at radius 3 is 1.55 bits per heavy atom. The fourth-order valence-corrected chi connectivity index (χ4v) is 11.2. The van der Waals surface area contributed by atoms with Crippen LogP contribution < -0.4 is 9.80 Å². The van der Waals surface area contributed by atoms with Crippen molar-refractivity contribution in [1.82, 2.24) is 4.57 Å². The third kappa shape index (κ3) is 6.80.